The molecule has 2 nitrogen and oxygen atoms in total. The number of halogens is 2. The summed E-state index contributed by atoms with van der Waals surface area (Å²) in [5.74, 6) is -0.764. The van der Waals surface area contributed by atoms with E-state index in [1.54, 1.807) is 24.3 Å². The second-order valence-electron chi connectivity index (χ2n) is 3.87. The van der Waals surface area contributed by atoms with Gasteiger partial charge in [-0.25, -0.2) is 4.39 Å². The van der Waals surface area contributed by atoms with Gasteiger partial charge >= 0.3 is 0 Å². The standard InChI is InChI=1S/C14H10BrFO2S/c15-11-3-7-13(8-4-11)19(18)9-14(17)10-1-5-12(16)6-2-10/h1-8H,9H2. The molecule has 0 aliphatic carbocycles. The first-order valence-electron chi connectivity index (χ1n) is 5.49. The third-order valence-electron chi connectivity index (χ3n) is 2.50. The van der Waals surface area contributed by atoms with Gasteiger partial charge in [-0.3, -0.25) is 9.00 Å². The molecule has 0 aliphatic heterocycles. The molecule has 2 aromatic rings. The molecule has 19 heavy (non-hydrogen) atoms. The van der Waals surface area contributed by atoms with Crippen LogP contribution in [0, 0.1) is 5.82 Å². The Kier molecular flexibility index (Phi) is 4.61. The fourth-order valence-electron chi connectivity index (χ4n) is 1.51. The van der Waals surface area contributed by atoms with E-state index in [9.17, 15) is 13.4 Å². The normalized spacial score (nSPS) is 12.1. The van der Waals surface area contributed by atoms with Crippen LogP contribution in [0.15, 0.2) is 57.9 Å². The lowest BCUT2D eigenvalue weighted by Gasteiger charge is -2.02. The Morgan fingerprint density at radius 1 is 1.05 bits per heavy atom. The van der Waals surface area contributed by atoms with Crippen LogP contribution in [0.3, 0.4) is 0 Å². The highest BCUT2D eigenvalue weighted by Gasteiger charge is 2.12. The largest absolute Gasteiger partial charge is 0.293 e. The van der Waals surface area contributed by atoms with Crippen LogP contribution in [0.2, 0.25) is 0 Å². The third-order valence-corrected chi connectivity index (χ3v) is 4.36. The van der Waals surface area contributed by atoms with Crippen LogP contribution < -0.4 is 0 Å². The fourth-order valence-corrected chi connectivity index (χ4v) is 2.78. The van der Waals surface area contributed by atoms with Crippen LogP contribution >= 0.6 is 15.9 Å². The van der Waals surface area contributed by atoms with Crippen molar-refractivity contribution in [2.45, 2.75) is 4.90 Å². The minimum absolute atomic E-state index is 0.104. The molecule has 0 amide bonds. The predicted molar refractivity (Wildman–Crippen MR) is 76.1 cm³/mol. The van der Waals surface area contributed by atoms with Gasteiger partial charge in [0, 0.05) is 14.9 Å². The number of rotatable bonds is 4. The zero-order chi connectivity index (χ0) is 13.8. The van der Waals surface area contributed by atoms with Crippen molar-refractivity contribution >= 4 is 32.5 Å². The predicted octanol–water partition coefficient (Wildman–Crippen LogP) is 3.58. The molecule has 0 saturated heterocycles. The number of hydrogen-bond acceptors (Lipinski definition) is 2. The zero-order valence-electron chi connectivity index (χ0n) is 9.81. The Hall–Kier alpha value is -1.33. The van der Waals surface area contributed by atoms with Crippen LogP contribution in [0.1, 0.15) is 10.4 Å². The first-order valence-corrected chi connectivity index (χ1v) is 7.60. The number of Topliss-reactive ketones (excluding diaryl/α,β-unsaturated/α-hetero) is 1. The van der Waals surface area contributed by atoms with Crippen LogP contribution in [-0.2, 0) is 10.8 Å². The fraction of sp³-hybridized carbons (Fsp3) is 0.0714. The maximum Gasteiger partial charge on any atom is 0.175 e. The topological polar surface area (TPSA) is 34.1 Å². The van der Waals surface area contributed by atoms with E-state index in [1.807, 2.05) is 0 Å². The molecule has 0 bridgehead atoms. The van der Waals surface area contributed by atoms with Crippen LogP contribution in [0.5, 0.6) is 0 Å². The van der Waals surface area contributed by atoms with Crippen molar-refractivity contribution in [3.05, 3.63) is 64.4 Å². The second-order valence-corrected chi connectivity index (χ2v) is 6.24. The summed E-state index contributed by atoms with van der Waals surface area (Å²) >= 11 is 3.29. The molecular weight excluding hydrogens is 331 g/mol. The lowest BCUT2D eigenvalue weighted by atomic mass is 10.1. The summed E-state index contributed by atoms with van der Waals surface area (Å²) in [5, 5.41) is 0. The third kappa shape index (κ3) is 3.81. The summed E-state index contributed by atoms with van der Waals surface area (Å²) in [6, 6.07) is 12.2. The van der Waals surface area contributed by atoms with Gasteiger partial charge < -0.3 is 0 Å². The van der Waals surface area contributed by atoms with Crippen LogP contribution in [0.4, 0.5) is 4.39 Å². The SMILES string of the molecule is O=C(CS(=O)c1ccc(Br)cc1)c1ccc(F)cc1. The molecular formula is C14H10BrFO2S. The number of ketones is 1. The van der Waals surface area contributed by atoms with Crippen molar-refractivity contribution in [3.8, 4) is 0 Å². The van der Waals surface area contributed by atoms with Gasteiger partial charge in [-0.1, -0.05) is 15.9 Å². The minimum Gasteiger partial charge on any atom is -0.293 e. The van der Waals surface area contributed by atoms with Crippen molar-refractivity contribution in [2.75, 3.05) is 5.75 Å². The molecule has 1 atom stereocenters. The van der Waals surface area contributed by atoms with E-state index >= 15 is 0 Å². The molecule has 5 heteroatoms. The first-order chi connectivity index (χ1) is 9.06. The van der Waals surface area contributed by atoms with Crippen LogP contribution in [-0.4, -0.2) is 15.7 Å². The summed E-state index contributed by atoms with van der Waals surface area (Å²) in [7, 11) is -1.39. The van der Waals surface area contributed by atoms with E-state index in [1.165, 1.54) is 24.3 Å². The Balaban J connectivity index is 2.08. The van der Waals surface area contributed by atoms with Gasteiger partial charge in [-0.15, -0.1) is 0 Å². The maximum atomic E-state index is 12.7. The van der Waals surface area contributed by atoms with E-state index in [2.05, 4.69) is 15.9 Å². The molecule has 98 valence electrons. The molecule has 1 unspecified atom stereocenters. The van der Waals surface area contributed by atoms with Gasteiger partial charge in [0.25, 0.3) is 0 Å². The molecule has 0 aromatic heterocycles. The summed E-state index contributed by atoms with van der Waals surface area (Å²) in [4.78, 5) is 12.5. The average molecular weight is 341 g/mol. The van der Waals surface area contributed by atoms with Crippen molar-refractivity contribution in [3.63, 3.8) is 0 Å². The molecule has 0 aliphatic rings. The van der Waals surface area contributed by atoms with Gasteiger partial charge in [0.1, 0.15) is 5.82 Å². The number of benzene rings is 2. The van der Waals surface area contributed by atoms with Gasteiger partial charge in [0.2, 0.25) is 0 Å². The van der Waals surface area contributed by atoms with Crippen molar-refractivity contribution < 1.29 is 13.4 Å². The Morgan fingerprint density at radius 2 is 1.63 bits per heavy atom. The van der Waals surface area contributed by atoms with Crippen molar-refractivity contribution in [1.82, 2.24) is 0 Å². The molecule has 0 radical (unpaired) electrons. The van der Waals surface area contributed by atoms with Gasteiger partial charge in [-0.05, 0) is 48.5 Å². The van der Waals surface area contributed by atoms with E-state index in [0.717, 1.165) is 4.47 Å². The van der Waals surface area contributed by atoms with Gasteiger partial charge in [0.15, 0.2) is 5.78 Å². The molecule has 0 heterocycles. The monoisotopic (exact) mass is 340 g/mol. The molecule has 0 spiro atoms. The summed E-state index contributed by atoms with van der Waals surface area (Å²) in [5.41, 5.74) is 0.367. The minimum atomic E-state index is -1.39. The van der Waals surface area contributed by atoms with Crippen LogP contribution in [0.25, 0.3) is 0 Å². The highest BCUT2D eigenvalue weighted by molar-refractivity contribution is 9.10. The van der Waals surface area contributed by atoms with E-state index < -0.39 is 16.6 Å². The van der Waals surface area contributed by atoms with Crippen molar-refractivity contribution in [2.24, 2.45) is 0 Å². The van der Waals surface area contributed by atoms with E-state index in [4.69, 9.17) is 0 Å². The molecule has 0 N–H and O–H groups in total. The summed E-state index contributed by atoms with van der Waals surface area (Å²) < 4.78 is 25.6. The Morgan fingerprint density at radius 3 is 2.21 bits per heavy atom. The van der Waals surface area contributed by atoms with Gasteiger partial charge in [-0.2, -0.15) is 0 Å². The molecule has 2 rings (SSSR count). The Labute approximate surface area is 121 Å². The summed E-state index contributed by atoms with van der Waals surface area (Å²) in [6.07, 6.45) is 0. The molecule has 2 aromatic carbocycles. The number of hydrogen-bond donors (Lipinski definition) is 0. The van der Waals surface area contributed by atoms with Gasteiger partial charge in [0.05, 0.1) is 16.6 Å². The smallest absolute Gasteiger partial charge is 0.175 e. The summed E-state index contributed by atoms with van der Waals surface area (Å²) in [6.45, 7) is 0. The average Bonchev–Trinajstić information content (AvgIpc) is 2.40. The molecule has 0 saturated carbocycles. The zero-order valence-corrected chi connectivity index (χ0v) is 12.2. The second kappa shape index (κ2) is 6.21. The number of carbonyl (C=O) groups excluding carboxylic acids is 1. The lowest BCUT2D eigenvalue weighted by Crippen LogP contribution is -2.11. The Bertz CT molecular complexity index is 553. The lowest BCUT2D eigenvalue weighted by molar-refractivity contribution is 0.102. The van der Waals surface area contributed by atoms with Crippen molar-refractivity contribution in [1.29, 1.82) is 0 Å². The number of carbonyl (C=O) groups is 1. The van der Waals surface area contributed by atoms with E-state index in [-0.39, 0.29) is 11.5 Å². The highest BCUT2D eigenvalue weighted by atomic mass is 79.9. The first kappa shape index (κ1) is 14.1. The highest BCUT2D eigenvalue weighted by Crippen LogP contribution is 2.14. The molecule has 0 fully saturated rings. The maximum absolute atomic E-state index is 12.7. The van der Waals surface area contributed by atoms with E-state index in [0.29, 0.717) is 10.5 Å². The quantitative estimate of drug-likeness (QED) is 0.797.